The average Bonchev–Trinajstić information content (AvgIpc) is 3.72. The summed E-state index contributed by atoms with van der Waals surface area (Å²) in [6.07, 6.45) is 5.43. The number of fused-ring (bicyclic) bond motifs is 4. The number of aromatic amines is 1. The topological polar surface area (TPSA) is 449 Å². The van der Waals surface area contributed by atoms with Crippen LogP contribution in [0.5, 0.6) is 0 Å². The number of thioether (sulfide) groups is 1. The van der Waals surface area contributed by atoms with Crippen LogP contribution in [0.25, 0.3) is 10.9 Å². The first-order valence-electron chi connectivity index (χ1n) is 28.7. The highest BCUT2D eigenvalue weighted by Gasteiger charge is 2.42. The Balaban J connectivity index is 0.00000668. The molecule has 2 bridgehead atoms. The molecule has 11 amide bonds. The number of aryl methyl sites for hydroxylation is 1. The third-order valence-electron chi connectivity index (χ3n) is 13.8. The molecule has 6 rings (SSSR count). The van der Waals surface area contributed by atoms with Crippen LogP contribution >= 0.6 is 11.8 Å². The number of nitrogens with two attached hydrogens (primary N) is 1. The molecule has 0 saturated carbocycles. The van der Waals surface area contributed by atoms with Gasteiger partial charge in [-0.05, 0) is 50.7 Å². The molecule has 2 saturated heterocycles. The quantitative estimate of drug-likeness (QED) is 0.0326. The number of primary amides is 1. The van der Waals surface area contributed by atoms with Crippen molar-refractivity contribution in [3.63, 3.8) is 0 Å². The van der Waals surface area contributed by atoms with Crippen LogP contribution in [0, 0.1) is 0 Å². The lowest BCUT2D eigenvalue weighted by Crippen LogP contribution is -2.60. The van der Waals surface area contributed by atoms with Crippen molar-refractivity contribution in [3.05, 3.63) is 47.9 Å². The number of carbonyl (C=O) groups excluding carboxylic acids is 10. The molecule has 32 heteroatoms. The van der Waals surface area contributed by atoms with E-state index >= 15 is 0 Å². The van der Waals surface area contributed by atoms with Crippen molar-refractivity contribution in [2.24, 2.45) is 5.73 Å². The van der Waals surface area contributed by atoms with Gasteiger partial charge in [-0.2, -0.15) is 11.8 Å². The first-order valence-corrected chi connectivity index (χ1v) is 29.7. The first kappa shape index (κ1) is 68.8. The van der Waals surface area contributed by atoms with Crippen LogP contribution in [-0.2, 0) is 81.5 Å². The van der Waals surface area contributed by atoms with Gasteiger partial charge in [-0.25, -0.2) is 4.79 Å². The zero-order chi connectivity index (χ0) is 62.5. The Bertz CT molecular complexity index is 2780. The second-order valence-electron chi connectivity index (χ2n) is 20.3. The number of aliphatic hydroxyl groups is 1. The highest BCUT2D eigenvalue weighted by atomic mass is 32.2. The second-order valence-corrected chi connectivity index (χ2v) is 21.6. The molecule has 0 spiro atoms. The number of aliphatic hydroxyl groups excluding tert-OH is 1. The van der Waals surface area contributed by atoms with E-state index in [4.69, 9.17) is 19.9 Å². The van der Waals surface area contributed by atoms with Gasteiger partial charge >= 0.3 is 12.0 Å². The molecule has 15 N–H and O–H groups in total. The number of hydrogen-bond acceptors (Lipinski definition) is 18. The summed E-state index contributed by atoms with van der Waals surface area (Å²) in [6.45, 7) is 4.28. The van der Waals surface area contributed by atoms with Crippen LogP contribution in [0.1, 0.15) is 83.4 Å². The summed E-state index contributed by atoms with van der Waals surface area (Å²) in [7, 11) is 0. The van der Waals surface area contributed by atoms with Crippen molar-refractivity contribution >= 4 is 87.8 Å². The van der Waals surface area contributed by atoms with E-state index < -0.39 is 116 Å². The van der Waals surface area contributed by atoms with Crippen LogP contribution in [0.3, 0.4) is 0 Å². The van der Waals surface area contributed by atoms with Crippen molar-refractivity contribution in [3.8, 4) is 0 Å². The molecule has 0 radical (unpaired) electrons. The molecule has 9 atom stereocenters. The van der Waals surface area contributed by atoms with Crippen molar-refractivity contribution in [2.75, 3.05) is 65.1 Å². The Kier molecular flexibility index (Phi) is 28.9. The van der Waals surface area contributed by atoms with E-state index in [0.29, 0.717) is 47.5 Å². The van der Waals surface area contributed by atoms with Gasteiger partial charge in [-0.1, -0.05) is 43.7 Å². The summed E-state index contributed by atoms with van der Waals surface area (Å²) in [5, 5.41) is 54.7. The number of carbonyl (C=O) groups is 11. The Morgan fingerprint density at radius 1 is 0.802 bits per heavy atom. The first-order chi connectivity index (χ1) is 41.4. The average molecular weight is 1230 g/mol. The van der Waals surface area contributed by atoms with Crippen molar-refractivity contribution in [1.29, 1.82) is 0 Å². The number of nitrogens with one attached hydrogen (secondary N) is 11. The number of aromatic nitrogens is 4. The van der Waals surface area contributed by atoms with Gasteiger partial charge in [0.1, 0.15) is 42.9 Å². The number of benzene rings is 1. The fourth-order valence-corrected chi connectivity index (χ4v) is 10.9. The maximum Gasteiger partial charge on any atom is 0.315 e. The van der Waals surface area contributed by atoms with E-state index in [-0.39, 0.29) is 88.6 Å². The molecule has 3 aromatic rings. The smallest absolute Gasteiger partial charge is 0.315 e. The van der Waals surface area contributed by atoms with E-state index in [2.05, 4.69) is 68.5 Å². The summed E-state index contributed by atoms with van der Waals surface area (Å²) in [5.74, 6) is -8.30. The standard InChI is InChI=1S/C52H75N15O16S.C2H6/c1-29-47(75)56-24-42(70)58-37(22-44(72)73)50(78)62-38(26-68)51(79)61-35(20-30-23-55-33-9-3-2-8-32(30)33)49(77)60-34(46(53)74)10-6-7-14-67-25-31(65-66-67)21-36(48(76)57-29)59-43(71)27-83-19-18-82-17-16-81-15-13-54-41(69)12-5-4-11-40-45-39(28-84-40)63-52(80)64-45;1-2/h2-3,8-9,23,25,29,34-40,45,55,68H,4-7,10-22,24,26-28H2,1H3,(H2,53,74)(H,54,69)(H,56,75)(H,57,76)(H,58,70)(H,59,71)(H,60,77)(H,61,79)(H,62,78)(H,72,73)(H2,63,64,80);1-2H3/t29-,34-,35-,36-,37-,38-,39+,40+,45+;/m0./s1. The molecule has 0 unspecified atom stereocenters. The lowest BCUT2D eigenvalue weighted by atomic mass is 10.0. The Morgan fingerprint density at radius 3 is 2.26 bits per heavy atom. The minimum Gasteiger partial charge on any atom is -0.481 e. The van der Waals surface area contributed by atoms with Crippen LogP contribution in [0.15, 0.2) is 36.7 Å². The van der Waals surface area contributed by atoms with Gasteiger partial charge in [-0.3, -0.25) is 52.6 Å². The monoisotopic (exact) mass is 1230 g/mol. The molecule has 1 aromatic carbocycles. The molecule has 31 nitrogen and oxygen atoms in total. The molecule has 0 aliphatic carbocycles. The maximum atomic E-state index is 14.0. The number of H-pyrrole nitrogens is 1. The van der Waals surface area contributed by atoms with E-state index in [1.165, 1.54) is 17.8 Å². The summed E-state index contributed by atoms with van der Waals surface area (Å²) in [4.78, 5) is 146. The molecule has 3 aliphatic heterocycles. The number of urea groups is 1. The van der Waals surface area contributed by atoms with E-state index in [1.807, 2.05) is 25.6 Å². The van der Waals surface area contributed by atoms with Crippen molar-refractivity contribution in [1.82, 2.24) is 73.1 Å². The molecular formula is C54H81N15O16S. The summed E-state index contributed by atoms with van der Waals surface area (Å²) < 4.78 is 18.0. The number of para-hydroxylation sites is 1. The molecule has 3 aliphatic rings. The van der Waals surface area contributed by atoms with Gasteiger partial charge in [0.05, 0.1) is 70.4 Å². The predicted octanol–water partition coefficient (Wildman–Crippen LogP) is -3.36. The van der Waals surface area contributed by atoms with Gasteiger partial charge < -0.3 is 88.3 Å². The Morgan fingerprint density at radius 2 is 1.51 bits per heavy atom. The number of hydrogen-bond donors (Lipinski definition) is 14. The number of carboxylic acid groups (broad SMARTS) is 1. The molecule has 474 valence electrons. The van der Waals surface area contributed by atoms with E-state index in [9.17, 15) is 63.0 Å². The number of rotatable bonds is 23. The highest BCUT2D eigenvalue weighted by Crippen LogP contribution is 2.33. The Labute approximate surface area is 500 Å². The zero-order valence-corrected chi connectivity index (χ0v) is 49.3. The predicted molar refractivity (Wildman–Crippen MR) is 309 cm³/mol. The maximum absolute atomic E-state index is 14.0. The third-order valence-corrected chi connectivity index (χ3v) is 15.3. The number of amides is 11. The van der Waals surface area contributed by atoms with Crippen LogP contribution in [0.4, 0.5) is 4.79 Å². The van der Waals surface area contributed by atoms with Crippen molar-refractivity contribution in [2.45, 2.75) is 145 Å². The van der Waals surface area contributed by atoms with Gasteiger partial charge in [0.2, 0.25) is 53.2 Å². The zero-order valence-electron chi connectivity index (χ0n) is 48.4. The van der Waals surface area contributed by atoms with Crippen molar-refractivity contribution < 1.29 is 77.2 Å². The summed E-state index contributed by atoms with van der Waals surface area (Å²) in [5.41, 5.74) is 7.27. The number of nitrogens with zero attached hydrogens (tertiary/aromatic N) is 3. The van der Waals surface area contributed by atoms with Gasteiger partial charge in [0.25, 0.3) is 0 Å². The molecule has 2 aromatic heterocycles. The number of aliphatic carboxylic acids is 1. The molecule has 86 heavy (non-hydrogen) atoms. The number of ether oxygens (including phenoxy) is 3. The minimum atomic E-state index is -1.85. The lowest BCUT2D eigenvalue weighted by Gasteiger charge is -2.25. The Hall–Kier alpha value is -7.94. The minimum absolute atomic E-state index is 0.00762. The number of unbranched alkanes of at least 4 members (excludes halogenated alkanes) is 1. The summed E-state index contributed by atoms with van der Waals surface area (Å²) in [6, 6.07) is -1.68. The van der Waals surface area contributed by atoms with Gasteiger partial charge in [-0.15, -0.1) is 5.10 Å². The molecule has 2 fully saturated rings. The normalized spacial score (nSPS) is 23.7. The SMILES string of the molecule is CC.C[C@@H]1NC(=O)[C@@H](NC(=O)COCCOCCOCCNC(=O)CCCC[C@H]2SC[C@H]3NC(=O)N[C@H]32)Cc2cn(nn2)CCCC[C@@H](C(N)=O)NC(=O)[C@H](Cc2c[nH]c3ccccc23)NC(=O)[C@H](CO)NC(=O)[C@H](CC(=O)O)NC(=O)CNC1=O. The van der Waals surface area contributed by atoms with Crippen LogP contribution in [0.2, 0.25) is 0 Å². The highest BCUT2D eigenvalue weighted by molar-refractivity contribution is 8.00. The van der Waals surface area contributed by atoms with E-state index in [1.54, 1.807) is 30.5 Å². The largest absolute Gasteiger partial charge is 0.481 e. The van der Waals surface area contributed by atoms with E-state index in [0.717, 1.165) is 25.0 Å². The fourth-order valence-electron chi connectivity index (χ4n) is 9.40. The lowest BCUT2D eigenvalue weighted by molar-refractivity contribution is -0.141. The van der Waals surface area contributed by atoms with Gasteiger partial charge in [0.15, 0.2) is 0 Å². The van der Waals surface area contributed by atoms with Crippen LogP contribution in [-0.4, -0.2) is 214 Å². The summed E-state index contributed by atoms with van der Waals surface area (Å²) >= 11 is 1.84. The second kappa shape index (κ2) is 36.1. The van der Waals surface area contributed by atoms with Gasteiger partial charge in [0, 0.05) is 66.7 Å². The fraction of sp³-hybridized carbons (Fsp3) is 0.611. The molecule has 5 heterocycles. The molecular weight excluding hydrogens is 1150 g/mol. The number of carboxylic acids is 1. The van der Waals surface area contributed by atoms with Crippen LogP contribution < -0.4 is 58.9 Å². The third kappa shape index (κ3) is 22.8.